The number of methoxy groups -OCH3 is 2. The van der Waals surface area contributed by atoms with Crippen molar-refractivity contribution in [1.29, 1.82) is 0 Å². The molecule has 0 aliphatic carbocycles. The topological polar surface area (TPSA) is 118 Å². The second-order valence-electron chi connectivity index (χ2n) is 7.55. The van der Waals surface area contributed by atoms with Crippen LogP contribution in [0.15, 0.2) is 17.5 Å². The molecule has 0 saturated carbocycles. The van der Waals surface area contributed by atoms with E-state index in [1.165, 1.54) is 36.6 Å². The van der Waals surface area contributed by atoms with Gasteiger partial charge in [-0.1, -0.05) is 0 Å². The predicted octanol–water partition coefficient (Wildman–Crippen LogP) is 3.08. The van der Waals surface area contributed by atoms with Crippen LogP contribution in [0.3, 0.4) is 0 Å². The summed E-state index contributed by atoms with van der Waals surface area (Å²) in [5.41, 5.74) is 5.45. The van der Waals surface area contributed by atoms with E-state index in [1.807, 2.05) is 34.6 Å². The molecule has 0 fully saturated rings. The van der Waals surface area contributed by atoms with Crippen LogP contribution in [0.25, 0.3) is 0 Å². The van der Waals surface area contributed by atoms with Crippen molar-refractivity contribution in [1.82, 2.24) is 9.88 Å². The number of aromatic hydroxyl groups is 1. The molecule has 0 aliphatic heterocycles. The summed E-state index contributed by atoms with van der Waals surface area (Å²) in [6.07, 6.45) is -0.438. The molecule has 0 aliphatic rings. The van der Waals surface area contributed by atoms with Crippen LogP contribution >= 0.6 is 11.3 Å². The van der Waals surface area contributed by atoms with Gasteiger partial charge in [0.2, 0.25) is 0 Å². The summed E-state index contributed by atoms with van der Waals surface area (Å²) in [6, 6.07) is 2.97. The van der Waals surface area contributed by atoms with Crippen LogP contribution in [0.1, 0.15) is 55.5 Å². The van der Waals surface area contributed by atoms with Gasteiger partial charge in [0.05, 0.1) is 25.9 Å². The quantitative estimate of drug-likeness (QED) is 0.564. The maximum Gasteiger partial charge on any atom is 0.268 e. The minimum atomic E-state index is -0.680. The molecule has 1 atom stereocenters. The molecular weight excluding hydrogens is 420 g/mol. The third-order valence-electron chi connectivity index (χ3n) is 4.90. The maximum atomic E-state index is 13.7. The minimum absolute atomic E-state index is 0.0211. The van der Waals surface area contributed by atoms with Crippen LogP contribution in [0.5, 0.6) is 17.2 Å². The number of amides is 2. The molecule has 1 aromatic carbocycles. The Morgan fingerprint density at radius 2 is 1.61 bits per heavy atom. The van der Waals surface area contributed by atoms with Crippen molar-refractivity contribution in [3.8, 4) is 17.2 Å². The van der Waals surface area contributed by atoms with E-state index >= 15 is 0 Å². The number of carbonyl (C=O) groups excluding carboxylic acids is 2. The molecule has 3 N–H and O–H groups in total. The second kappa shape index (κ2) is 9.97. The Balaban J connectivity index is 2.64. The van der Waals surface area contributed by atoms with Gasteiger partial charge in [0.1, 0.15) is 11.4 Å². The zero-order valence-corrected chi connectivity index (χ0v) is 19.7. The number of phenolic OH excluding ortho intramolecular Hbond substituents is 1. The number of phenols is 1. The number of anilines is 1. The van der Waals surface area contributed by atoms with E-state index in [0.717, 1.165) is 11.3 Å². The molecule has 2 amide bonds. The molecule has 31 heavy (non-hydrogen) atoms. The van der Waals surface area contributed by atoms with Crippen molar-refractivity contribution in [3.63, 3.8) is 0 Å². The zero-order valence-electron chi connectivity index (χ0n) is 18.9. The first-order valence-electron chi connectivity index (χ1n) is 9.84. The molecule has 170 valence electrons. The maximum absolute atomic E-state index is 13.7. The number of rotatable bonds is 9. The Labute approximate surface area is 186 Å². The van der Waals surface area contributed by atoms with Crippen LogP contribution < -0.4 is 20.1 Å². The Kier molecular flexibility index (Phi) is 7.85. The lowest BCUT2D eigenvalue weighted by molar-refractivity contribution is 0.0843. The summed E-state index contributed by atoms with van der Waals surface area (Å²) >= 11 is 1.13. The number of aromatic nitrogens is 1. The summed E-state index contributed by atoms with van der Waals surface area (Å²) in [5.74, 6) is -0.832. The average molecular weight is 451 g/mol. The molecule has 9 nitrogen and oxygen atoms in total. The zero-order chi connectivity index (χ0) is 23.5. The Bertz CT molecular complexity index is 936. The highest BCUT2D eigenvalue weighted by molar-refractivity contribution is 7.14. The van der Waals surface area contributed by atoms with Gasteiger partial charge in [0.15, 0.2) is 16.6 Å². The van der Waals surface area contributed by atoms with Gasteiger partial charge in [-0.3, -0.25) is 19.4 Å². The van der Waals surface area contributed by atoms with E-state index in [1.54, 1.807) is 0 Å². The molecule has 1 unspecified atom stereocenters. The van der Waals surface area contributed by atoms with E-state index in [2.05, 4.69) is 9.88 Å². The second-order valence-corrected chi connectivity index (χ2v) is 8.38. The average Bonchev–Trinajstić information content (AvgIpc) is 3.17. The predicted molar refractivity (Wildman–Crippen MR) is 120 cm³/mol. The number of primary amides is 1. The number of thiazole rings is 1. The van der Waals surface area contributed by atoms with Crippen LogP contribution in [0.4, 0.5) is 5.13 Å². The summed E-state index contributed by atoms with van der Waals surface area (Å²) < 4.78 is 10.5. The van der Waals surface area contributed by atoms with Crippen molar-refractivity contribution >= 4 is 28.3 Å². The fourth-order valence-corrected chi connectivity index (χ4v) is 4.55. The van der Waals surface area contributed by atoms with Crippen molar-refractivity contribution in [2.45, 2.75) is 52.9 Å². The SMILES string of the molecule is COc1cc(O)c(C(=O)N(c2nc(C(N)=O)cs2)C(C)N(C(C)C)C(C)C)cc1OC. The minimum Gasteiger partial charge on any atom is -0.507 e. The fraction of sp³-hybridized carbons (Fsp3) is 0.476. The van der Waals surface area contributed by atoms with Gasteiger partial charge in [-0.25, -0.2) is 4.98 Å². The van der Waals surface area contributed by atoms with E-state index in [4.69, 9.17) is 15.2 Å². The first-order chi connectivity index (χ1) is 14.5. The molecule has 0 saturated heterocycles. The number of benzene rings is 1. The molecule has 1 heterocycles. The third-order valence-corrected chi connectivity index (χ3v) is 5.74. The van der Waals surface area contributed by atoms with E-state index in [9.17, 15) is 14.7 Å². The van der Waals surface area contributed by atoms with Gasteiger partial charge >= 0.3 is 0 Å². The summed E-state index contributed by atoms with van der Waals surface area (Å²) in [6.45, 7) is 10.0. The molecule has 1 aromatic heterocycles. The Hall–Kier alpha value is -2.85. The normalized spacial score (nSPS) is 12.3. The smallest absolute Gasteiger partial charge is 0.268 e. The molecule has 0 radical (unpaired) electrons. The Morgan fingerprint density at radius 3 is 2.06 bits per heavy atom. The number of hydrogen-bond donors (Lipinski definition) is 2. The van der Waals surface area contributed by atoms with Crippen molar-refractivity contribution in [3.05, 3.63) is 28.8 Å². The lowest BCUT2D eigenvalue weighted by Crippen LogP contribution is -2.54. The van der Waals surface area contributed by atoms with Gasteiger partial charge in [0, 0.05) is 29.6 Å². The Morgan fingerprint density at radius 1 is 1.06 bits per heavy atom. The van der Waals surface area contributed by atoms with Gasteiger partial charge in [-0.05, 0) is 34.6 Å². The number of nitrogens with zero attached hydrogens (tertiary/aromatic N) is 3. The van der Waals surface area contributed by atoms with Crippen LogP contribution in [0.2, 0.25) is 0 Å². The van der Waals surface area contributed by atoms with Crippen molar-refractivity contribution in [2.24, 2.45) is 5.73 Å². The van der Waals surface area contributed by atoms with E-state index < -0.39 is 18.0 Å². The third kappa shape index (κ3) is 5.08. The molecule has 2 aromatic rings. The molecule has 10 heteroatoms. The highest BCUT2D eigenvalue weighted by atomic mass is 32.1. The first kappa shape index (κ1) is 24.4. The number of hydrogen-bond acceptors (Lipinski definition) is 8. The van der Waals surface area contributed by atoms with E-state index in [-0.39, 0.29) is 29.1 Å². The number of carbonyl (C=O) groups is 2. The number of ether oxygens (including phenoxy) is 2. The number of nitrogens with two attached hydrogens (primary N) is 1. The van der Waals surface area contributed by atoms with Crippen LogP contribution in [-0.2, 0) is 0 Å². The fourth-order valence-electron chi connectivity index (χ4n) is 3.67. The van der Waals surface area contributed by atoms with Crippen LogP contribution in [0, 0.1) is 0 Å². The van der Waals surface area contributed by atoms with Gasteiger partial charge in [0.25, 0.3) is 11.8 Å². The lowest BCUT2D eigenvalue weighted by Gasteiger charge is -2.41. The molecule has 0 spiro atoms. The van der Waals surface area contributed by atoms with Gasteiger partial charge in [-0.15, -0.1) is 11.3 Å². The standard InChI is InChI=1S/C21H30N4O5S/c1-11(2)24(12(3)4)13(5)25(21-23-15(10-31-21)19(22)27)20(28)14-8-17(29-6)18(30-7)9-16(14)26/h8-13,26H,1-7H3,(H2,22,27). The highest BCUT2D eigenvalue weighted by Crippen LogP contribution is 2.36. The van der Waals surface area contributed by atoms with Crippen molar-refractivity contribution < 1.29 is 24.2 Å². The van der Waals surface area contributed by atoms with Gasteiger partial charge < -0.3 is 20.3 Å². The summed E-state index contributed by atoms with van der Waals surface area (Å²) in [4.78, 5) is 33.1. The van der Waals surface area contributed by atoms with Gasteiger partial charge in [-0.2, -0.15) is 0 Å². The highest BCUT2D eigenvalue weighted by Gasteiger charge is 2.34. The molecular formula is C21H30N4O5S. The van der Waals surface area contributed by atoms with Crippen molar-refractivity contribution in [2.75, 3.05) is 19.1 Å². The summed E-state index contributed by atoms with van der Waals surface area (Å²) in [7, 11) is 2.89. The first-order valence-corrected chi connectivity index (χ1v) is 10.7. The molecule has 2 rings (SSSR count). The largest absolute Gasteiger partial charge is 0.507 e. The lowest BCUT2D eigenvalue weighted by atomic mass is 10.1. The molecule has 0 bridgehead atoms. The summed E-state index contributed by atoms with van der Waals surface area (Å²) in [5, 5.41) is 12.4. The van der Waals surface area contributed by atoms with E-state index in [0.29, 0.717) is 16.6 Å². The van der Waals surface area contributed by atoms with Crippen LogP contribution in [-0.4, -0.2) is 59.3 Å². The monoisotopic (exact) mass is 450 g/mol.